The van der Waals surface area contributed by atoms with E-state index in [-0.39, 0.29) is 0 Å². The average molecular weight is 816 g/mol. The zero-order chi connectivity index (χ0) is 42.4. The van der Waals surface area contributed by atoms with Crippen molar-refractivity contribution in [2.75, 3.05) is 4.90 Å². The molecule has 0 aliphatic heterocycles. The minimum atomic E-state index is 0.893. The second-order valence-corrected chi connectivity index (χ2v) is 16.5. The van der Waals surface area contributed by atoms with Crippen LogP contribution in [0.25, 0.3) is 99.1 Å². The third-order valence-corrected chi connectivity index (χ3v) is 12.7. The van der Waals surface area contributed by atoms with Gasteiger partial charge in [-0.3, -0.25) is 0 Å². The highest BCUT2D eigenvalue weighted by atomic mass is 16.3. The van der Waals surface area contributed by atoms with E-state index in [1.54, 1.807) is 0 Å². The number of para-hydroxylation sites is 1. The Balaban J connectivity index is 0.998. The van der Waals surface area contributed by atoms with Crippen molar-refractivity contribution in [3.8, 4) is 55.6 Å². The molecule has 64 heavy (non-hydrogen) atoms. The topological polar surface area (TPSA) is 16.4 Å². The Kier molecular flexibility index (Phi) is 9.20. The van der Waals surface area contributed by atoms with E-state index >= 15 is 0 Å². The third kappa shape index (κ3) is 6.70. The number of hydrogen-bond donors (Lipinski definition) is 0. The van der Waals surface area contributed by atoms with E-state index in [2.05, 4.69) is 241 Å². The molecule has 0 atom stereocenters. The molecule has 0 radical (unpaired) electrons. The molecule has 0 aliphatic rings. The van der Waals surface area contributed by atoms with Crippen LogP contribution in [0.2, 0.25) is 0 Å². The Labute approximate surface area is 372 Å². The predicted molar refractivity (Wildman–Crippen MR) is 271 cm³/mol. The fraction of sp³-hybridized carbons (Fsp3) is 0. The molecule has 12 rings (SSSR count). The second-order valence-electron chi connectivity index (χ2n) is 16.5. The fourth-order valence-electron chi connectivity index (χ4n) is 9.51. The fourth-order valence-corrected chi connectivity index (χ4v) is 9.51. The van der Waals surface area contributed by atoms with Crippen molar-refractivity contribution in [2.24, 2.45) is 0 Å². The standard InChI is InChI=1S/C62H41NO/c1-2-13-46(14-3-1)57-37-32-50(56-25-12-18-45-16-5-7-22-54(45)56)40-60(57)63(52-35-29-43(30-36-52)48-31-38-59-58-23-8-9-26-61(58)64-62(59)41-48)51-33-27-42(28-34-51)47-19-10-20-49(39-47)55-24-11-17-44-15-4-6-21-53(44)55/h1-41H. The molecule has 0 amide bonds. The van der Waals surface area contributed by atoms with Gasteiger partial charge in [0.25, 0.3) is 0 Å². The summed E-state index contributed by atoms with van der Waals surface area (Å²) in [5.74, 6) is 0. The summed E-state index contributed by atoms with van der Waals surface area (Å²) in [4.78, 5) is 2.42. The van der Waals surface area contributed by atoms with Crippen molar-refractivity contribution >= 4 is 60.5 Å². The molecule has 12 aromatic rings. The summed E-state index contributed by atoms with van der Waals surface area (Å²) in [6.07, 6.45) is 0. The maximum atomic E-state index is 6.30. The molecule has 2 nitrogen and oxygen atoms in total. The van der Waals surface area contributed by atoms with Crippen LogP contribution in [0.15, 0.2) is 253 Å². The van der Waals surface area contributed by atoms with Gasteiger partial charge in [0.2, 0.25) is 0 Å². The van der Waals surface area contributed by atoms with E-state index in [1.165, 1.54) is 43.8 Å². The highest BCUT2D eigenvalue weighted by Gasteiger charge is 2.20. The molecular weight excluding hydrogens is 775 g/mol. The highest BCUT2D eigenvalue weighted by molar-refractivity contribution is 6.06. The summed E-state index contributed by atoms with van der Waals surface area (Å²) in [7, 11) is 0. The van der Waals surface area contributed by atoms with Gasteiger partial charge in [-0.1, -0.05) is 194 Å². The van der Waals surface area contributed by atoms with Crippen molar-refractivity contribution in [2.45, 2.75) is 0 Å². The van der Waals surface area contributed by atoms with Crippen LogP contribution in [0.4, 0.5) is 17.1 Å². The number of nitrogens with zero attached hydrogens (tertiary/aromatic N) is 1. The van der Waals surface area contributed by atoms with Gasteiger partial charge in [-0.15, -0.1) is 0 Å². The first-order chi connectivity index (χ1) is 31.7. The number of benzene rings is 11. The minimum Gasteiger partial charge on any atom is -0.456 e. The maximum Gasteiger partial charge on any atom is 0.136 e. The third-order valence-electron chi connectivity index (χ3n) is 12.7. The van der Waals surface area contributed by atoms with Crippen molar-refractivity contribution in [3.63, 3.8) is 0 Å². The molecule has 0 saturated carbocycles. The lowest BCUT2D eigenvalue weighted by molar-refractivity contribution is 0.669. The number of furan rings is 1. The van der Waals surface area contributed by atoms with Gasteiger partial charge in [-0.2, -0.15) is 0 Å². The van der Waals surface area contributed by atoms with Gasteiger partial charge in [0.15, 0.2) is 0 Å². The first-order valence-corrected chi connectivity index (χ1v) is 21.9. The predicted octanol–water partition coefficient (Wildman–Crippen LogP) is 17.7. The van der Waals surface area contributed by atoms with Crippen LogP contribution in [-0.2, 0) is 0 Å². The van der Waals surface area contributed by atoms with Crippen LogP contribution in [0.3, 0.4) is 0 Å². The van der Waals surface area contributed by atoms with Gasteiger partial charge in [0.1, 0.15) is 11.2 Å². The van der Waals surface area contributed by atoms with Crippen LogP contribution in [-0.4, -0.2) is 0 Å². The van der Waals surface area contributed by atoms with E-state index in [1.807, 2.05) is 12.1 Å². The van der Waals surface area contributed by atoms with Gasteiger partial charge >= 0.3 is 0 Å². The summed E-state index contributed by atoms with van der Waals surface area (Å²) in [5, 5.41) is 7.23. The highest BCUT2D eigenvalue weighted by Crippen LogP contribution is 2.45. The lowest BCUT2D eigenvalue weighted by Gasteiger charge is -2.29. The second kappa shape index (κ2) is 15.8. The molecule has 0 bridgehead atoms. The summed E-state index contributed by atoms with van der Waals surface area (Å²) in [6.45, 7) is 0. The Morgan fingerprint density at radius 2 is 0.719 bits per heavy atom. The smallest absolute Gasteiger partial charge is 0.136 e. The maximum absolute atomic E-state index is 6.30. The van der Waals surface area contributed by atoms with E-state index in [0.29, 0.717) is 0 Å². The van der Waals surface area contributed by atoms with Crippen LogP contribution in [0, 0.1) is 0 Å². The molecule has 11 aromatic carbocycles. The minimum absolute atomic E-state index is 0.893. The number of rotatable bonds is 8. The molecule has 0 fully saturated rings. The zero-order valence-corrected chi connectivity index (χ0v) is 35.0. The molecule has 1 aromatic heterocycles. The first-order valence-electron chi connectivity index (χ1n) is 21.9. The van der Waals surface area contributed by atoms with E-state index in [0.717, 1.165) is 72.4 Å². The zero-order valence-electron chi connectivity index (χ0n) is 35.0. The quantitative estimate of drug-likeness (QED) is 0.152. The van der Waals surface area contributed by atoms with Gasteiger partial charge < -0.3 is 9.32 Å². The number of fused-ring (bicyclic) bond motifs is 5. The lowest BCUT2D eigenvalue weighted by atomic mass is 9.93. The summed E-state index contributed by atoms with van der Waals surface area (Å²) < 4.78 is 6.30. The van der Waals surface area contributed by atoms with Crippen LogP contribution in [0.1, 0.15) is 0 Å². The molecule has 0 spiro atoms. The van der Waals surface area contributed by atoms with Gasteiger partial charge in [0, 0.05) is 27.7 Å². The van der Waals surface area contributed by atoms with Crippen LogP contribution < -0.4 is 4.90 Å². The van der Waals surface area contributed by atoms with Gasteiger partial charge in [-0.05, 0) is 126 Å². The molecule has 0 N–H and O–H groups in total. The molecule has 1 heterocycles. The molecular formula is C62H41NO. The molecule has 0 aliphatic carbocycles. The van der Waals surface area contributed by atoms with Gasteiger partial charge in [0.05, 0.1) is 5.69 Å². The molecule has 2 heteroatoms. The normalized spacial score (nSPS) is 11.4. The summed E-state index contributed by atoms with van der Waals surface area (Å²) in [5.41, 5.74) is 16.7. The Morgan fingerprint density at radius 3 is 1.39 bits per heavy atom. The number of hydrogen-bond acceptors (Lipinski definition) is 2. The summed E-state index contributed by atoms with van der Waals surface area (Å²) in [6, 6.07) is 89.8. The van der Waals surface area contributed by atoms with Gasteiger partial charge in [-0.25, -0.2) is 0 Å². The van der Waals surface area contributed by atoms with E-state index < -0.39 is 0 Å². The molecule has 300 valence electrons. The Hall–Kier alpha value is -8.46. The molecule has 0 unspecified atom stereocenters. The Bertz CT molecular complexity index is 3650. The monoisotopic (exact) mass is 815 g/mol. The molecule has 0 saturated heterocycles. The van der Waals surface area contributed by atoms with Crippen LogP contribution >= 0.6 is 0 Å². The Morgan fingerprint density at radius 1 is 0.250 bits per heavy atom. The number of anilines is 3. The largest absolute Gasteiger partial charge is 0.456 e. The summed E-state index contributed by atoms with van der Waals surface area (Å²) >= 11 is 0. The van der Waals surface area contributed by atoms with Crippen molar-refractivity contribution in [3.05, 3.63) is 249 Å². The average Bonchev–Trinajstić information content (AvgIpc) is 3.75. The van der Waals surface area contributed by atoms with Crippen molar-refractivity contribution in [1.29, 1.82) is 0 Å². The van der Waals surface area contributed by atoms with E-state index in [9.17, 15) is 0 Å². The SMILES string of the molecule is c1ccc(-c2ccc(-c3cccc4ccccc34)cc2N(c2ccc(-c3cccc(-c4cccc5ccccc45)c3)cc2)c2ccc(-c3ccc4c(c3)oc3ccccc34)cc2)cc1. The lowest BCUT2D eigenvalue weighted by Crippen LogP contribution is -2.11. The first kappa shape index (κ1) is 37.3. The van der Waals surface area contributed by atoms with Crippen LogP contribution in [0.5, 0.6) is 0 Å². The van der Waals surface area contributed by atoms with Crippen molar-refractivity contribution < 1.29 is 4.42 Å². The van der Waals surface area contributed by atoms with Crippen molar-refractivity contribution in [1.82, 2.24) is 0 Å². The van der Waals surface area contributed by atoms with E-state index in [4.69, 9.17) is 4.42 Å².